The molecule has 1 aromatic rings. The summed E-state index contributed by atoms with van der Waals surface area (Å²) in [7, 11) is 0. The number of benzene rings is 1. The summed E-state index contributed by atoms with van der Waals surface area (Å²) in [6.45, 7) is 8.60. The van der Waals surface area contributed by atoms with Crippen LogP contribution in [0.5, 0.6) is 11.5 Å². The molecule has 1 fully saturated rings. The number of guanidine groups is 1. The molecule has 2 rings (SSSR count). The topological polar surface area (TPSA) is 58.1 Å². The summed E-state index contributed by atoms with van der Waals surface area (Å²) < 4.78 is 35.9. The van der Waals surface area contributed by atoms with E-state index >= 15 is 0 Å². The molecule has 9 heteroatoms. The molecular formula is C21H35F2IN4O2. The fourth-order valence-corrected chi connectivity index (χ4v) is 3.43. The highest BCUT2D eigenvalue weighted by Gasteiger charge is 2.17. The van der Waals surface area contributed by atoms with Crippen LogP contribution in [0.4, 0.5) is 8.78 Å². The van der Waals surface area contributed by atoms with Gasteiger partial charge >= 0.3 is 6.61 Å². The minimum Gasteiger partial charge on any atom is -0.490 e. The lowest BCUT2D eigenvalue weighted by Crippen LogP contribution is -2.41. The fraction of sp³-hybridized carbons (Fsp3) is 0.667. The normalized spacial score (nSPS) is 15.6. The van der Waals surface area contributed by atoms with Crippen molar-refractivity contribution in [2.75, 3.05) is 39.3 Å². The minimum absolute atomic E-state index is 0. The lowest BCUT2D eigenvalue weighted by Gasteiger charge is -2.21. The Hall–Kier alpha value is -1.36. The Bertz CT molecular complexity index is 643. The third kappa shape index (κ3) is 9.20. The number of nitrogens with one attached hydrogen (secondary N) is 2. The van der Waals surface area contributed by atoms with E-state index in [4.69, 9.17) is 9.47 Å². The van der Waals surface area contributed by atoms with Crippen LogP contribution in [0, 0.1) is 5.92 Å². The second-order valence-corrected chi connectivity index (χ2v) is 7.24. The van der Waals surface area contributed by atoms with E-state index < -0.39 is 6.61 Å². The van der Waals surface area contributed by atoms with Crippen molar-refractivity contribution >= 4 is 29.9 Å². The number of likely N-dealkylation sites (tertiary alicyclic amines) is 1. The van der Waals surface area contributed by atoms with E-state index in [0.717, 1.165) is 13.1 Å². The standard InChI is InChI=1S/C21H34F2N4O2.HI/c1-4-24-21(25-13-16(3)15-27-11-6-7-12-27)26-14-17-9-8-10-18(28-5-2)19(17)29-20(22)23;/h8-10,16,20H,4-7,11-15H2,1-3H3,(H2,24,25,26);1H. The van der Waals surface area contributed by atoms with Gasteiger partial charge in [0.05, 0.1) is 13.2 Å². The average molecular weight is 540 g/mol. The average Bonchev–Trinajstić information content (AvgIpc) is 3.18. The summed E-state index contributed by atoms with van der Waals surface area (Å²) in [4.78, 5) is 7.05. The molecule has 30 heavy (non-hydrogen) atoms. The van der Waals surface area contributed by atoms with Crippen LogP contribution in [0.25, 0.3) is 0 Å². The zero-order valence-electron chi connectivity index (χ0n) is 18.1. The van der Waals surface area contributed by atoms with Crippen LogP contribution < -0.4 is 20.1 Å². The van der Waals surface area contributed by atoms with Crippen LogP contribution in [0.1, 0.15) is 39.2 Å². The van der Waals surface area contributed by atoms with Gasteiger partial charge < -0.3 is 25.0 Å². The van der Waals surface area contributed by atoms with Gasteiger partial charge in [-0.1, -0.05) is 19.1 Å². The van der Waals surface area contributed by atoms with Crippen LogP contribution >= 0.6 is 24.0 Å². The van der Waals surface area contributed by atoms with Crippen molar-refractivity contribution in [3.8, 4) is 11.5 Å². The van der Waals surface area contributed by atoms with Crippen LogP contribution in [0.2, 0.25) is 0 Å². The Morgan fingerprint density at radius 3 is 2.57 bits per heavy atom. The highest BCUT2D eigenvalue weighted by molar-refractivity contribution is 14.0. The Labute approximate surface area is 195 Å². The van der Waals surface area contributed by atoms with E-state index in [1.165, 1.54) is 25.9 Å². The molecule has 1 atom stereocenters. The summed E-state index contributed by atoms with van der Waals surface area (Å²) >= 11 is 0. The smallest absolute Gasteiger partial charge is 0.387 e. The molecule has 0 bridgehead atoms. The van der Waals surface area contributed by atoms with Gasteiger partial charge in [-0.05, 0) is 51.8 Å². The predicted octanol–water partition coefficient (Wildman–Crippen LogP) is 4.09. The van der Waals surface area contributed by atoms with Gasteiger partial charge in [-0.15, -0.1) is 24.0 Å². The summed E-state index contributed by atoms with van der Waals surface area (Å²) in [6.07, 6.45) is 2.57. The van der Waals surface area contributed by atoms with Gasteiger partial charge in [0.25, 0.3) is 0 Å². The Morgan fingerprint density at radius 2 is 1.93 bits per heavy atom. The molecule has 1 aromatic carbocycles. The van der Waals surface area contributed by atoms with E-state index in [1.807, 2.05) is 6.92 Å². The Balaban J connectivity index is 0.00000450. The molecule has 0 amide bonds. The molecule has 0 spiro atoms. The third-order valence-corrected chi connectivity index (χ3v) is 4.71. The van der Waals surface area contributed by atoms with Crippen molar-refractivity contribution in [1.82, 2.24) is 15.5 Å². The number of alkyl halides is 2. The number of aliphatic imine (C=N–C) groups is 1. The Kier molecular flexibility index (Phi) is 13.0. The zero-order valence-corrected chi connectivity index (χ0v) is 20.5. The first-order chi connectivity index (χ1) is 14.0. The van der Waals surface area contributed by atoms with Crippen molar-refractivity contribution in [3.05, 3.63) is 23.8 Å². The molecule has 1 unspecified atom stereocenters. The molecule has 1 aliphatic heterocycles. The minimum atomic E-state index is -2.92. The van der Waals surface area contributed by atoms with Crippen molar-refractivity contribution in [2.45, 2.75) is 46.8 Å². The van der Waals surface area contributed by atoms with Gasteiger partial charge in [0.2, 0.25) is 0 Å². The second-order valence-electron chi connectivity index (χ2n) is 7.24. The molecule has 172 valence electrons. The van der Waals surface area contributed by atoms with Crippen molar-refractivity contribution in [1.29, 1.82) is 0 Å². The van der Waals surface area contributed by atoms with Gasteiger partial charge in [-0.25, -0.2) is 4.99 Å². The molecule has 0 radical (unpaired) electrons. The zero-order chi connectivity index (χ0) is 21.1. The summed E-state index contributed by atoms with van der Waals surface area (Å²) in [5.74, 6) is 1.49. The lowest BCUT2D eigenvalue weighted by atomic mass is 10.1. The number of halogens is 3. The van der Waals surface area contributed by atoms with Gasteiger partial charge in [-0.2, -0.15) is 8.78 Å². The maximum atomic E-state index is 12.9. The van der Waals surface area contributed by atoms with Gasteiger partial charge in [-0.3, -0.25) is 0 Å². The van der Waals surface area contributed by atoms with Crippen LogP contribution in [0.3, 0.4) is 0 Å². The van der Waals surface area contributed by atoms with E-state index in [9.17, 15) is 8.78 Å². The largest absolute Gasteiger partial charge is 0.490 e. The maximum absolute atomic E-state index is 12.9. The molecule has 2 N–H and O–H groups in total. The molecule has 0 aromatic heterocycles. The quantitative estimate of drug-likeness (QED) is 0.252. The third-order valence-electron chi connectivity index (χ3n) is 4.71. The van der Waals surface area contributed by atoms with Gasteiger partial charge in [0.15, 0.2) is 17.5 Å². The number of hydrogen-bond acceptors (Lipinski definition) is 4. The van der Waals surface area contributed by atoms with E-state index in [0.29, 0.717) is 36.3 Å². The van der Waals surface area contributed by atoms with Crippen molar-refractivity contribution in [3.63, 3.8) is 0 Å². The summed E-state index contributed by atoms with van der Waals surface area (Å²) in [5.41, 5.74) is 0.554. The van der Waals surface area contributed by atoms with Crippen LogP contribution in [0.15, 0.2) is 23.2 Å². The monoisotopic (exact) mass is 540 g/mol. The SMILES string of the molecule is CCNC(=NCc1cccc(OCC)c1OC(F)F)NCC(C)CN1CCCC1.I. The van der Waals surface area contributed by atoms with Gasteiger partial charge in [0, 0.05) is 25.2 Å². The van der Waals surface area contributed by atoms with Gasteiger partial charge in [0.1, 0.15) is 0 Å². The van der Waals surface area contributed by atoms with Crippen molar-refractivity contribution in [2.24, 2.45) is 10.9 Å². The number of hydrogen-bond donors (Lipinski definition) is 2. The number of nitrogens with zero attached hydrogens (tertiary/aromatic N) is 2. The molecule has 6 nitrogen and oxygen atoms in total. The fourth-order valence-electron chi connectivity index (χ4n) is 3.43. The first-order valence-corrected chi connectivity index (χ1v) is 10.5. The van der Waals surface area contributed by atoms with E-state index in [-0.39, 0.29) is 36.3 Å². The van der Waals surface area contributed by atoms with Crippen LogP contribution in [-0.4, -0.2) is 56.8 Å². The predicted molar refractivity (Wildman–Crippen MR) is 127 cm³/mol. The number of para-hydroxylation sites is 1. The molecule has 0 aliphatic carbocycles. The summed E-state index contributed by atoms with van der Waals surface area (Å²) in [5, 5.41) is 6.56. The summed E-state index contributed by atoms with van der Waals surface area (Å²) in [6, 6.07) is 5.11. The maximum Gasteiger partial charge on any atom is 0.387 e. The molecule has 1 saturated heterocycles. The first-order valence-electron chi connectivity index (χ1n) is 10.5. The second kappa shape index (κ2) is 14.6. The Morgan fingerprint density at radius 1 is 1.20 bits per heavy atom. The number of ether oxygens (including phenoxy) is 2. The molecule has 1 aliphatic rings. The highest BCUT2D eigenvalue weighted by Crippen LogP contribution is 2.33. The van der Waals surface area contributed by atoms with E-state index in [1.54, 1.807) is 25.1 Å². The molecule has 0 saturated carbocycles. The van der Waals surface area contributed by atoms with E-state index in [2.05, 4.69) is 27.4 Å². The molecular weight excluding hydrogens is 505 g/mol. The first kappa shape index (κ1) is 26.7. The molecule has 1 heterocycles. The lowest BCUT2D eigenvalue weighted by molar-refractivity contribution is -0.0520. The van der Waals surface area contributed by atoms with Crippen LogP contribution in [-0.2, 0) is 6.54 Å². The van der Waals surface area contributed by atoms with Crippen molar-refractivity contribution < 1.29 is 18.3 Å². The highest BCUT2D eigenvalue weighted by atomic mass is 127. The number of rotatable bonds is 11.